The SMILES string of the molecule is O=C(NCCc1cc(Cl)c2c(c1)OCCO2)c1cc(-c2cccs2)[nH]n1. The molecule has 6 nitrogen and oxygen atoms in total. The van der Waals surface area contributed by atoms with Crippen LogP contribution in [0.4, 0.5) is 0 Å². The highest BCUT2D eigenvalue weighted by Gasteiger charge is 2.17. The number of aromatic amines is 1. The lowest BCUT2D eigenvalue weighted by Crippen LogP contribution is -2.26. The molecule has 0 aliphatic carbocycles. The molecular formula is C18H16ClN3O3S. The number of amides is 1. The monoisotopic (exact) mass is 389 g/mol. The van der Waals surface area contributed by atoms with E-state index in [9.17, 15) is 4.79 Å². The second-order valence-corrected chi connectivity index (χ2v) is 7.11. The number of nitrogens with one attached hydrogen (secondary N) is 2. The van der Waals surface area contributed by atoms with Crippen molar-refractivity contribution < 1.29 is 14.3 Å². The second-order valence-electron chi connectivity index (χ2n) is 5.75. The maximum Gasteiger partial charge on any atom is 0.271 e. The molecule has 0 saturated carbocycles. The zero-order chi connectivity index (χ0) is 17.9. The van der Waals surface area contributed by atoms with Gasteiger partial charge in [0.25, 0.3) is 5.91 Å². The van der Waals surface area contributed by atoms with Crippen molar-refractivity contribution in [3.63, 3.8) is 0 Å². The van der Waals surface area contributed by atoms with Crippen LogP contribution in [0.15, 0.2) is 35.7 Å². The summed E-state index contributed by atoms with van der Waals surface area (Å²) in [6.07, 6.45) is 0.629. The van der Waals surface area contributed by atoms with E-state index in [1.54, 1.807) is 17.4 Å². The van der Waals surface area contributed by atoms with Gasteiger partial charge in [-0.15, -0.1) is 11.3 Å². The number of halogens is 1. The molecule has 2 aromatic heterocycles. The summed E-state index contributed by atoms with van der Waals surface area (Å²) in [6, 6.07) is 9.42. The van der Waals surface area contributed by atoms with Gasteiger partial charge in [0.2, 0.25) is 0 Å². The Labute approximate surface area is 159 Å². The van der Waals surface area contributed by atoms with Gasteiger partial charge < -0.3 is 14.8 Å². The highest BCUT2D eigenvalue weighted by molar-refractivity contribution is 7.13. The van der Waals surface area contributed by atoms with Crippen LogP contribution in [0.25, 0.3) is 10.6 Å². The van der Waals surface area contributed by atoms with E-state index in [0.717, 1.165) is 16.1 Å². The number of ether oxygens (including phenoxy) is 2. The van der Waals surface area contributed by atoms with E-state index in [1.165, 1.54) is 0 Å². The Morgan fingerprint density at radius 2 is 2.19 bits per heavy atom. The zero-order valence-corrected chi connectivity index (χ0v) is 15.3. The molecule has 8 heteroatoms. The van der Waals surface area contributed by atoms with Gasteiger partial charge in [-0.3, -0.25) is 9.89 Å². The Kier molecular flexibility index (Phi) is 4.81. The predicted octanol–water partition coefficient (Wildman–Crippen LogP) is 3.54. The maximum atomic E-state index is 12.3. The molecule has 0 fully saturated rings. The number of benzene rings is 1. The van der Waals surface area contributed by atoms with Gasteiger partial charge in [-0.1, -0.05) is 17.7 Å². The normalized spacial score (nSPS) is 12.8. The number of carbonyl (C=O) groups is 1. The molecule has 3 aromatic rings. The number of rotatable bonds is 5. The molecule has 0 bridgehead atoms. The third-order valence-corrected chi connectivity index (χ3v) is 5.14. The molecule has 0 saturated heterocycles. The molecule has 26 heavy (non-hydrogen) atoms. The second kappa shape index (κ2) is 7.39. The molecule has 0 radical (unpaired) electrons. The molecule has 1 aliphatic heterocycles. The number of carbonyl (C=O) groups excluding carboxylic acids is 1. The van der Waals surface area contributed by atoms with Crippen LogP contribution < -0.4 is 14.8 Å². The fourth-order valence-electron chi connectivity index (χ4n) is 2.72. The Bertz CT molecular complexity index is 924. The lowest BCUT2D eigenvalue weighted by Gasteiger charge is -2.20. The first-order valence-corrected chi connectivity index (χ1v) is 9.42. The van der Waals surface area contributed by atoms with Crippen LogP contribution >= 0.6 is 22.9 Å². The van der Waals surface area contributed by atoms with E-state index >= 15 is 0 Å². The molecule has 2 N–H and O–H groups in total. The van der Waals surface area contributed by atoms with Gasteiger partial charge in [-0.25, -0.2) is 0 Å². The summed E-state index contributed by atoms with van der Waals surface area (Å²) in [4.78, 5) is 13.3. The highest BCUT2D eigenvalue weighted by Crippen LogP contribution is 2.38. The Morgan fingerprint density at radius 3 is 3.04 bits per heavy atom. The van der Waals surface area contributed by atoms with Crippen LogP contribution in [0.5, 0.6) is 11.5 Å². The van der Waals surface area contributed by atoms with Gasteiger partial charge >= 0.3 is 0 Å². The molecule has 3 heterocycles. The van der Waals surface area contributed by atoms with Crippen LogP contribution in [0.2, 0.25) is 5.02 Å². The van der Waals surface area contributed by atoms with Crippen LogP contribution in [-0.4, -0.2) is 35.9 Å². The molecule has 4 rings (SSSR count). The molecular weight excluding hydrogens is 374 g/mol. The maximum absolute atomic E-state index is 12.3. The largest absolute Gasteiger partial charge is 0.486 e. The molecule has 0 atom stereocenters. The predicted molar refractivity (Wildman–Crippen MR) is 100 cm³/mol. The van der Waals surface area contributed by atoms with E-state index < -0.39 is 0 Å². The van der Waals surface area contributed by atoms with Crippen molar-refractivity contribution in [2.24, 2.45) is 0 Å². The van der Waals surface area contributed by atoms with Crippen molar-refractivity contribution in [1.82, 2.24) is 15.5 Å². The zero-order valence-electron chi connectivity index (χ0n) is 13.8. The molecule has 1 aromatic carbocycles. The quantitative estimate of drug-likeness (QED) is 0.699. The van der Waals surface area contributed by atoms with Crippen molar-refractivity contribution in [1.29, 1.82) is 0 Å². The Morgan fingerprint density at radius 1 is 1.31 bits per heavy atom. The first-order valence-electron chi connectivity index (χ1n) is 8.16. The Balaban J connectivity index is 1.36. The molecule has 0 unspecified atom stereocenters. The van der Waals surface area contributed by atoms with E-state index in [4.69, 9.17) is 21.1 Å². The van der Waals surface area contributed by atoms with Gasteiger partial charge in [0.15, 0.2) is 17.2 Å². The van der Waals surface area contributed by atoms with Crippen LogP contribution in [-0.2, 0) is 6.42 Å². The number of fused-ring (bicyclic) bond motifs is 1. The third kappa shape index (κ3) is 3.54. The van der Waals surface area contributed by atoms with E-state index in [-0.39, 0.29) is 5.91 Å². The average Bonchev–Trinajstić information content (AvgIpc) is 3.33. The van der Waals surface area contributed by atoms with E-state index in [1.807, 2.05) is 29.6 Å². The van der Waals surface area contributed by atoms with Crippen molar-refractivity contribution in [2.45, 2.75) is 6.42 Å². The van der Waals surface area contributed by atoms with Gasteiger partial charge in [0.1, 0.15) is 13.2 Å². The number of thiophene rings is 1. The molecule has 0 spiro atoms. The summed E-state index contributed by atoms with van der Waals surface area (Å²) in [6.45, 7) is 1.48. The fraction of sp³-hybridized carbons (Fsp3) is 0.222. The first-order chi connectivity index (χ1) is 12.7. The lowest BCUT2D eigenvalue weighted by molar-refractivity contribution is 0.0949. The van der Waals surface area contributed by atoms with Gasteiger partial charge in [0.05, 0.1) is 15.6 Å². The van der Waals surface area contributed by atoms with Crippen molar-refractivity contribution in [3.05, 3.63) is 52.0 Å². The highest BCUT2D eigenvalue weighted by atomic mass is 35.5. The van der Waals surface area contributed by atoms with Crippen molar-refractivity contribution in [2.75, 3.05) is 19.8 Å². The summed E-state index contributed by atoms with van der Waals surface area (Å²) >= 11 is 7.82. The van der Waals surface area contributed by atoms with Crippen LogP contribution in [0.1, 0.15) is 16.1 Å². The summed E-state index contributed by atoms with van der Waals surface area (Å²) in [7, 11) is 0. The minimum Gasteiger partial charge on any atom is -0.486 e. The minimum absolute atomic E-state index is 0.215. The summed E-state index contributed by atoms with van der Waals surface area (Å²) in [5, 5.41) is 12.3. The fourth-order valence-corrected chi connectivity index (χ4v) is 3.70. The minimum atomic E-state index is -0.215. The van der Waals surface area contributed by atoms with E-state index in [2.05, 4.69) is 15.5 Å². The van der Waals surface area contributed by atoms with Crippen molar-refractivity contribution >= 4 is 28.8 Å². The van der Waals surface area contributed by atoms with Gasteiger partial charge in [0, 0.05) is 6.54 Å². The van der Waals surface area contributed by atoms with Gasteiger partial charge in [-0.2, -0.15) is 5.10 Å². The average molecular weight is 390 g/mol. The number of H-pyrrole nitrogens is 1. The van der Waals surface area contributed by atoms with Crippen molar-refractivity contribution in [3.8, 4) is 22.1 Å². The third-order valence-electron chi connectivity index (χ3n) is 3.95. The smallest absolute Gasteiger partial charge is 0.271 e. The molecule has 1 aliphatic rings. The Hall–Kier alpha value is -2.51. The standard InChI is InChI=1S/C18H16ClN3O3S/c19-12-8-11(9-15-17(12)25-6-5-24-15)3-4-20-18(23)14-10-13(21-22-14)16-2-1-7-26-16/h1-2,7-10H,3-6H2,(H,20,23)(H,21,22). The topological polar surface area (TPSA) is 76.2 Å². The van der Waals surface area contributed by atoms with E-state index in [0.29, 0.717) is 48.4 Å². The molecule has 134 valence electrons. The summed E-state index contributed by atoms with van der Waals surface area (Å²) in [5.41, 5.74) is 2.18. The number of nitrogens with zero attached hydrogens (tertiary/aromatic N) is 1. The lowest BCUT2D eigenvalue weighted by atomic mass is 10.1. The number of aromatic nitrogens is 2. The van der Waals surface area contributed by atoms with Gasteiger partial charge in [-0.05, 0) is 41.6 Å². The summed E-state index contributed by atoms with van der Waals surface area (Å²) < 4.78 is 11.1. The number of hydrogen-bond donors (Lipinski definition) is 2. The van der Waals surface area contributed by atoms with Crippen LogP contribution in [0, 0.1) is 0 Å². The van der Waals surface area contributed by atoms with Crippen LogP contribution in [0.3, 0.4) is 0 Å². The first kappa shape index (κ1) is 16.9. The molecule has 1 amide bonds. The number of hydrogen-bond acceptors (Lipinski definition) is 5. The summed E-state index contributed by atoms with van der Waals surface area (Å²) in [5.74, 6) is 1.02.